The summed E-state index contributed by atoms with van der Waals surface area (Å²) >= 11 is 0. The van der Waals surface area contributed by atoms with Crippen LogP contribution in [0, 0.1) is 20.8 Å². The normalized spacial score (nSPS) is 16.0. The highest BCUT2D eigenvalue weighted by atomic mass is 16.5. The second-order valence-corrected chi connectivity index (χ2v) is 7.81. The van der Waals surface area contributed by atoms with Crippen molar-refractivity contribution in [2.24, 2.45) is 0 Å². The molecule has 1 atom stereocenters. The van der Waals surface area contributed by atoms with Gasteiger partial charge in [0.15, 0.2) is 0 Å². The molecule has 1 heterocycles. The number of aliphatic hydroxyl groups is 1. The summed E-state index contributed by atoms with van der Waals surface area (Å²) in [5.74, 6) is -0.539. The summed E-state index contributed by atoms with van der Waals surface area (Å²) in [6.07, 6.45) is 5.99. The van der Waals surface area contributed by atoms with Crippen LogP contribution < -0.4 is 5.48 Å². The van der Waals surface area contributed by atoms with Gasteiger partial charge in [0.25, 0.3) is 5.91 Å². The van der Waals surface area contributed by atoms with E-state index in [9.17, 15) is 9.90 Å². The number of carbonyl (C=O) groups is 1. The molecular formula is C23H31N3O3. The second-order valence-electron chi connectivity index (χ2n) is 7.81. The number of carbonyl (C=O) groups excluding carboxylic acids is 1. The number of rotatable bonds is 8. The Morgan fingerprint density at radius 3 is 2.72 bits per heavy atom. The Labute approximate surface area is 172 Å². The minimum Gasteiger partial charge on any atom is -0.395 e. The molecule has 2 aromatic rings. The molecular weight excluding hydrogens is 366 g/mol. The number of aryl methyl sites for hydroxylation is 3. The topological polar surface area (TPSA) is 88.6 Å². The predicted octanol–water partition coefficient (Wildman–Crippen LogP) is 2.98. The molecule has 1 aliphatic carbocycles. The average Bonchev–Trinajstić information content (AvgIpc) is 3.23. The summed E-state index contributed by atoms with van der Waals surface area (Å²) in [6.45, 7) is 8.12. The Morgan fingerprint density at radius 1 is 1.28 bits per heavy atom. The maximum atomic E-state index is 11.2. The maximum absolute atomic E-state index is 11.2. The first-order valence-corrected chi connectivity index (χ1v) is 10.2. The fourth-order valence-corrected chi connectivity index (χ4v) is 4.45. The molecule has 0 saturated carbocycles. The van der Waals surface area contributed by atoms with E-state index in [0.717, 1.165) is 31.4 Å². The van der Waals surface area contributed by atoms with E-state index in [1.807, 2.05) is 6.07 Å². The van der Waals surface area contributed by atoms with Gasteiger partial charge in [0.05, 0.1) is 6.61 Å². The van der Waals surface area contributed by atoms with Gasteiger partial charge in [0.1, 0.15) is 0 Å². The van der Waals surface area contributed by atoms with Crippen molar-refractivity contribution in [1.29, 1.82) is 0 Å². The number of amides is 1. The van der Waals surface area contributed by atoms with Crippen molar-refractivity contribution in [2.45, 2.75) is 46.1 Å². The van der Waals surface area contributed by atoms with E-state index in [1.54, 1.807) is 11.6 Å². The van der Waals surface area contributed by atoms with Crippen molar-refractivity contribution in [3.05, 3.63) is 63.5 Å². The summed E-state index contributed by atoms with van der Waals surface area (Å²) in [5.41, 5.74) is 10.3. The maximum Gasteiger partial charge on any atom is 0.267 e. The number of nitrogens with one attached hydrogen (secondary N) is 2. The highest BCUT2D eigenvalue weighted by Gasteiger charge is 2.28. The first-order valence-electron chi connectivity index (χ1n) is 10.2. The zero-order valence-corrected chi connectivity index (χ0v) is 17.5. The lowest BCUT2D eigenvalue weighted by Crippen LogP contribution is -2.32. The molecule has 0 fully saturated rings. The van der Waals surface area contributed by atoms with Crippen LogP contribution in [0.3, 0.4) is 0 Å². The lowest BCUT2D eigenvalue weighted by Gasteiger charge is -2.29. The average molecular weight is 398 g/mol. The summed E-state index contributed by atoms with van der Waals surface area (Å²) in [7, 11) is 0. The number of aromatic nitrogens is 1. The zero-order valence-electron chi connectivity index (χ0n) is 17.5. The van der Waals surface area contributed by atoms with Crippen LogP contribution in [-0.2, 0) is 17.6 Å². The van der Waals surface area contributed by atoms with Crippen LogP contribution in [0.15, 0.2) is 24.3 Å². The van der Waals surface area contributed by atoms with Gasteiger partial charge in [-0.05, 0) is 73.9 Å². The standard InChI is InChI=1S/C23H31N3O3/c1-15-16(2)24-17(3)20(15)10-11-26(12-13-27)22-8-6-19-14-18(4-7-21(19)22)5-9-23(28)25-29/h4-5,7,9,14,22,24,27,29H,6,8,10-13H2,1-3H3,(H,25,28)/b9-5+. The third-order valence-electron chi connectivity index (χ3n) is 6.07. The van der Waals surface area contributed by atoms with E-state index in [4.69, 9.17) is 5.21 Å². The molecule has 0 spiro atoms. The first kappa shape index (κ1) is 21.3. The van der Waals surface area contributed by atoms with Crippen molar-refractivity contribution in [3.63, 3.8) is 0 Å². The van der Waals surface area contributed by atoms with Gasteiger partial charge in [0.2, 0.25) is 0 Å². The third-order valence-corrected chi connectivity index (χ3v) is 6.07. The number of hydrogen-bond donors (Lipinski definition) is 4. The molecule has 0 radical (unpaired) electrons. The number of hydrogen-bond acceptors (Lipinski definition) is 4. The minimum absolute atomic E-state index is 0.146. The summed E-state index contributed by atoms with van der Waals surface area (Å²) < 4.78 is 0. The van der Waals surface area contributed by atoms with Gasteiger partial charge < -0.3 is 10.1 Å². The molecule has 0 bridgehead atoms. The molecule has 156 valence electrons. The number of aliphatic hydroxyl groups excluding tert-OH is 1. The van der Waals surface area contributed by atoms with Gasteiger partial charge in [-0.2, -0.15) is 0 Å². The molecule has 6 heteroatoms. The number of benzene rings is 1. The van der Waals surface area contributed by atoms with Crippen LogP contribution in [0.4, 0.5) is 0 Å². The molecule has 29 heavy (non-hydrogen) atoms. The Kier molecular flexibility index (Phi) is 6.90. The molecule has 4 N–H and O–H groups in total. The number of hydroxylamine groups is 1. The Hall–Kier alpha value is -2.41. The van der Waals surface area contributed by atoms with E-state index in [1.165, 1.54) is 39.7 Å². The number of nitrogens with zero attached hydrogens (tertiary/aromatic N) is 1. The first-order chi connectivity index (χ1) is 13.9. The highest BCUT2D eigenvalue weighted by molar-refractivity contribution is 5.90. The highest BCUT2D eigenvalue weighted by Crippen LogP contribution is 2.36. The van der Waals surface area contributed by atoms with E-state index >= 15 is 0 Å². The van der Waals surface area contributed by atoms with Crippen LogP contribution in [0.1, 0.15) is 51.7 Å². The second kappa shape index (κ2) is 9.39. The van der Waals surface area contributed by atoms with E-state index in [2.05, 4.69) is 42.8 Å². The Bertz CT molecular complexity index is 901. The van der Waals surface area contributed by atoms with E-state index in [0.29, 0.717) is 12.6 Å². The molecule has 3 rings (SSSR count). The van der Waals surface area contributed by atoms with Gasteiger partial charge in [-0.1, -0.05) is 18.2 Å². The monoisotopic (exact) mass is 397 g/mol. The van der Waals surface area contributed by atoms with E-state index in [-0.39, 0.29) is 6.61 Å². The zero-order chi connectivity index (χ0) is 21.0. The molecule has 1 amide bonds. The summed E-state index contributed by atoms with van der Waals surface area (Å²) in [6, 6.07) is 6.54. The van der Waals surface area contributed by atoms with Crippen molar-refractivity contribution in [3.8, 4) is 0 Å². The number of fused-ring (bicyclic) bond motifs is 1. The van der Waals surface area contributed by atoms with Gasteiger partial charge in [-0.25, -0.2) is 5.48 Å². The molecule has 1 unspecified atom stereocenters. The SMILES string of the molecule is Cc1[nH]c(C)c(CCN(CCO)C2CCc3cc(/C=C/C(=O)NO)ccc32)c1C. The molecule has 1 aliphatic rings. The van der Waals surface area contributed by atoms with Crippen LogP contribution in [0.5, 0.6) is 0 Å². The van der Waals surface area contributed by atoms with Crippen molar-refractivity contribution in [1.82, 2.24) is 15.4 Å². The minimum atomic E-state index is -0.539. The Morgan fingerprint density at radius 2 is 2.07 bits per heavy atom. The van der Waals surface area contributed by atoms with Gasteiger partial charge in [-0.3, -0.25) is 14.9 Å². The van der Waals surface area contributed by atoms with Crippen LogP contribution >= 0.6 is 0 Å². The van der Waals surface area contributed by atoms with Gasteiger partial charge in [0, 0.05) is 36.6 Å². The number of aromatic amines is 1. The molecule has 6 nitrogen and oxygen atoms in total. The quantitative estimate of drug-likeness (QED) is 0.313. The Balaban J connectivity index is 1.75. The molecule has 0 saturated heterocycles. The lowest BCUT2D eigenvalue weighted by atomic mass is 10.0. The summed E-state index contributed by atoms with van der Waals surface area (Å²) in [4.78, 5) is 17.0. The van der Waals surface area contributed by atoms with Crippen molar-refractivity contribution >= 4 is 12.0 Å². The summed E-state index contributed by atoms with van der Waals surface area (Å²) in [5, 5.41) is 18.2. The lowest BCUT2D eigenvalue weighted by molar-refractivity contribution is -0.124. The van der Waals surface area contributed by atoms with Gasteiger partial charge >= 0.3 is 0 Å². The smallest absolute Gasteiger partial charge is 0.267 e. The molecule has 1 aromatic heterocycles. The third kappa shape index (κ3) is 4.78. The van der Waals surface area contributed by atoms with Crippen LogP contribution in [-0.4, -0.2) is 45.8 Å². The molecule has 0 aliphatic heterocycles. The van der Waals surface area contributed by atoms with Crippen LogP contribution in [0.2, 0.25) is 0 Å². The fraction of sp³-hybridized carbons (Fsp3) is 0.435. The fourth-order valence-electron chi connectivity index (χ4n) is 4.45. The van der Waals surface area contributed by atoms with E-state index < -0.39 is 5.91 Å². The molecule has 1 aromatic carbocycles. The van der Waals surface area contributed by atoms with Crippen molar-refractivity contribution in [2.75, 3.05) is 19.7 Å². The van der Waals surface area contributed by atoms with Crippen molar-refractivity contribution < 1.29 is 15.1 Å². The largest absolute Gasteiger partial charge is 0.395 e. The van der Waals surface area contributed by atoms with Gasteiger partial charge in [-0.15, -0.1) is 0 Å². The predicted molar refractivity (Wildman–Crippen MR) is 114 cm³/mol. The number of H-pyrrole nitrogens is 1. The van der Waals surface area contributed by atoms with Crippen LogP contribution in [0.25, 0.3) is 6.08 Å².